The van der Waals surface area contributed by atoms with Crippen LogP contribution in [-0.4, -0.2) is 45.2 Å². The van der Waals surface area contributed by atoms with Crippen LogP contribution in [0, 0.1) is 0 Å². The topological polar surface area (TPSA) is 67.9 Å². The number of hydrogen-bond donors (Lipinski definition) is 0. The van der Waals surface area contributed by atoms with Crippen molar-refractivity contribution in [3.05, 3.63) is 65.6 Å². The highest BCUT2D eigenvalue weighted by Crippen LogP contribution is 2.46. The van der Waals surface area contributed by atoms with Gasteiger partial charge in [0.2, 0.25) is 0 Å². The van der Waals surface area contributed by atoms with Crippen molar-refractivity contribution in [3.63, 3.8) is 0 Å². The molecule has 6 nitrogen and oxygen atoms in total. The highest BCUT2D eigenvalue weighted by atomic mass is 19.3. The van der Waals surface area contributed by atoms with Crippen molar-refractivity contribution < 1.29 is 13.2 Å². The molecule has 2 aromatic heterocycles. The zero-order valence-electron chi connectivity index (χ0n) is 18.0. The maximum absolute atomic E-state index is 12.7. The molecule has 3 aromatic rings. The summed E-state index contributed by atoms with van der Waals surface area (Å²) >= 11 is 0. The number of benzene rings is 1. The number of halogens is 2. The SMILES string of the molecule is CN1CC=C(c2ccc(C3(Cc4ncc(-c5nnc(C(F)F)o5)cn4)CCC3)cc2)CC1. The van der Waals surface area contributed by atoms with E-state index in [4.69, 9.17) is 4.42 Å². The molecule has 1 aliphatic heterocycles. The summed E-state index contributed by atoms with van der Waals surface area (Å²) in [7, 11) is 2.15. The average molecular weight is 437 g/mol. The van der Waals surface area contributed by atoms with Crippen LogP contribution in [0.25, 0.3) is 17.0 Å². The Hall–Kier alpha value is -3.00. The fourth-order valence-corrected chi connectivity index (χ4v) is 4.54. The van der Waals surface area contributed by atoms with Gasteiger partial charge in [0.25, 0.3) is 11.8 Å². The van der Waals surface area contributed by atoms with Crippen LogP contribution in [0.15, 0.2) is 47.2 Å². The molecular weight excluding hydrogens is 412 g/mol. The van der Waals surface area contributed by atoms with E-state index >= 15 is 0 Å². The summed E-state index contributed by atoms with van der Waals surface area (Å²) in [6.07, 6.45) is 7.87. The maximum atomic E-state index is 12.7. The lowest BCUT2D eigenvalue weighted by Gasteiger charge is -2.42. The van der Waals surface area contributed by atoms with Crippen LogP contribution in [-0.2, 0) is 11.8 Å². The zero-order valence-corrected chi connectivity index (χ0v) is 18.0. The molecule has 0 N–H and O–H groups in total. The molecule has 2 aliphatic rings. The highest BCUT2D eigenvalue weighted by molar-refractivity contribution is 5.67. The van der Waals surface area contributed by atoms with E-state index in [0.29, 0.717) is 5.56 Å². The minimum atomic E-state index is -2.79. The predicted molar refractivity (Wildman–Crippen MR) is 116 cm³/mol. The third-order valence-electron chi connectivity index (χ3n) is 6.67. The lowest BCUT2D eigenvalue weighted by atomic mass is 9.62. The molecule has 5 rings (SSSR count). The van der Waals surface area contributed by atoms with Crippen molar-refractivity contribution in [3.8, 4) is 11.5 Å². The Balaban J connectivity index is 1.31. The molecule has 8 heteroatoms. The molecule has 3 heterocycles. The van der Waals surface area contributed by atoms with Gasteiger partial charge in [0.15, 0.2) is 0 Å². The Morgan fingerprint density at radius 1 is 1.06 bits per heavy atom. The number of nitrogens with zero attached hydrogens (tertiary/aromatic N) is 5. The number of alkyl halides is 2. The van der Waals surface area contributed by atoms with E-state index in [2.05, 4.69) is 62.5 Å². The molecule has 32 heavy (non-hydrogen) atoms. The van der Waals surface area contributed by atoms with Gasteiger partial charge in [0, 0.05) is 37.3 Å². The predicted octanol–water partition coefficient (Wildman–Crippen LogP) is 4.85. The molecule has 1 aliphatic carbocycles. The summed E-state index contributed by atoms with van der Waals surface area (Å²) in [6.45, 7) is 2.10. The van der Waals surface area contributed by atoms with E-state index in [-0.39, 0.29) is 11.3 Å². The Labute approximate surface area is 185 Å². The molecular formula is C24H25F2N5O. The van der Waals surface area contributed by atoms with Gasteiger partial charge in [-0.05, 0) is 43.0 Å². The molecule has 0 radical (unpaired) electrons. The second kappa shape index (κ2) is 8.50. The molecule has 0 saturated heterocycles. The molecule has 0 spiro atoms. The Bertz CT molecular complexity index is 1100. The molecule has 1 saturated carbocycles. The van der Waals surface area contributed by atoms with E-state index in [1.807, 2.05) is 0 Å². The van der Waals surface area contributed by atoms with Crippen molar-refractivity contribution in [2.75, 3.05) is 20.1 Å². The zero-order chi connectivity index (χ0) is 22.1. The first kappa shape index (κ1) is 20.9. The third kappa shape index (κ3) is 4.07. The van der Waals surface area contributed by atoms with Crippen LogP contribution in [0.1, 0.15) is 55.0 Å². The molecule has 0 bridgehead atoms. The van der Waals surface area contributed by atoms with E-state index in [1.165, 1.54) is 23.1 Å². The fraction of sp³-hybridized carbons (Fsp3) is 0.417. The Morgan fingerprint density at radius 3 is 2.38 bits per heavy atom. The first-order valence-corrected chi connectivity index (χ1v) is 10.9. The van der Waals surface area contributed by atoms with Crippen LogP contribution >= 0.6 is 0 Å². The minimum absolute atomic E-state index is 0.00371. The standard InChI is InChI=1S/C24H25F2N5O/c1-31-11-7-17(8-12-31)16-3-5-19(6-4-16)24(9-2-10-24)13-20-27-14-18(15-28-20)22-29-30-23(32-22)21(25)26/h3-7,14-15,21H,2,8-13H2,1H3. The smallest absolute Gasteiger partial charge is 0.314 e. The van der Waals surface area contributed by atoms with Gasteiger partial charge >= 0.3 is 6.43 Å². The van der Waals surface area contributed by atoms with Crippen LogP contribution in [0.3, 0.4) is 0 Å². The maximum Gasteiger partial charge on any atom is 0.314 e. The molecule has 0 atom stereocenters. The van der Waals surface area contributed by atoms with Gasteiger partial charge < -0.3 is 9.32 Å². The third-order valence-corrected chi connectivity index (χ3v) is 6.67. The van der Waals surface area contributed by atoms with Gasteiger partial charge in [-0.1, -0.05) is 36.8 Å². The summed E-state index contributed by atoms with van der Waals surface area (Å²) < 4.78 is 30.3. The van der Waals surface area contributed by atoms with Gasteiger partial charge in [-0.2, -0.15) is 8.78 Å². The Kier molecular flexibility index (Phi) is 5.55. The van der Waals surface area contributed by atoms with Gasteiger partial charge in [-0.3, -0.25) is 0 Å². The van der Waals surface area contributed by atoms with Gasteiger partial charge in [0.05, 0.1) is 5.56 Å². The number of hydrogen-bond acceptors (Lipinski definition) is 6. The van der Waals surface area contributed by atoms with Crippen molar-refractivity contribution in [1.82, 2.24) is 25.1 Å². The largest absolute Gasteiger partial charge is 0.415 e. The lowest BCUT2D eigenvalue weighted by Crippen LogP contribution is -2.37. The molecule has 1 fully saturated rings. The van der Waals surface area contributed by atoms with Crippen LogP contribution in [0.2, 0.25) is 0 Å². The summed E-state index contributed by atoms with van der Waals surface area (Å²) in [5.74, 6) is 0.0325. The second-order valence-electron chi connectivity index (χ2n) is 8.76. The first-order valence-electron chi connectivity index (χ1n) is 10.9. The van der Waals surface area contributed by atoms with Crippen LogP contribution in [0.4, 0.5) is 8.78 Å². The van der Waals surface area contributed by atoms with Crippen LogP contribution < -0.4 is 0 Å². The second-order valence-corrected chi connectivity index (χ2v) is 8.76. The van der Waals surface area contributed by atoms with Crippen molar-refractivity contribution in [1.29, 1.82) is 0 Å². The summed E-state index contributed by atoms with van der Waals surface area (Å²) in [6, 6.07) is 9.00. The number of rotatable bonds is 6. The molecule has 166 valence electrons. The summed E-state index contributed by atoms with van der Waals surface area (Å²) in [5, 5.41) is 7.01. The van der Waals surface area contributed by atoms with Crippen LogP contribution in [0.5, 0.6) is 0 Å². The normalized spacial score (nSPS) is 18.4. The quantitative estimate of drug-likeness (QED) is 0.549. The van der Waals surface area contributed by atoms with Gasteiger partial charge in [-0.15, -0.1) is 10.2 Å². The van der Waals surface area contributed by atoms with Gasteiger partial charge in [-0.25, -0.2) is 9.97 Å². The number of likely N-dealkylation sites (N-methyl/N-ethyl adjacent to an activating group) is 1. The molecule has 0 amide bonds. The first-order chi connectivity index (χ1) is 15.5. The van der Waals surface area contributed by atoms with Crippen molar-refractivity contribution in [2.45, 2.75) is 43.9 Å². The van der Waals surface area contributed by atoms with Crippen molar-refractivity contribution in [2.24, 2.45) is 0 Å². The Morgan fingerprint density at radius 2 is 1.81 bits per heavy atom. The summed E-state index contributed by atoms with van der Waals surface area (Å²) in [5.41, 5.74) is 4.54. The molecule has 1 aromatic carbocycles. The van der Waals surface area contributed by atoms with E-state index in [0.717, 1.165) is 44.6 Å². The monoisotopic (exact) mass is 437 g/mol. The fourth-order valence-electron chi connectivity index (χ4n) is 4.54. The lowest BCUT2D eigenvalue weighted by molar-refractivity contribution is 0.116. The molecule has 0 unspecified atom stereocenters. The summed E-state index contributed by atoms with van der Waals surface area (Å²) in [4.78, 5) is 11.2. The van der Waals surface area contributed by atoms with E-state index in [9.17, 15) is 8.78 Å². The van der Waals surface area contributed by atoms with E-state index < -0.39 is 12.3 Å². The van der Waals surface area contributed by atoms with Crippen molar-refractivity contribution >= 4 is 5.57 Å². The van der Waals surface area contributed by atoms with Gasteiger partial charge in [0.1, 0.15) is 5.82 Å². The minimum Gasteiger partial charge on any atom is -0.415 e. The van der Waals surface area contributed by atoms with E-state index in [1.54, 1.807) is 12.4 Å². The number of aromatic nitrogens is 4. The highest BCUT2D eigenvalue weighted by Gasteiger charge is 2.39. The average Bonchev–Trinajstić information content (AvgIpc) is 3.28.